The first-order chi connectivity index (χ1) is 50.7. The Morgan fingerprint density at radius 2 is 0.510 bits per heavy atom. The van der Waals surface area contributed by atoms with Crippen LogP contribution in [0.2, 0.25) is 0 Å². The second-order valence-corrected chi connectivity index (χ2v) is 28.4. The molecule has 17 nitrogen and oxygen atoms in total. The zero-order valence-electron chi connectivity index (χ0n) is 64.4. The maximum Gasteiger partial charge on any atom is 0.472 e. The average Bonchev–Trinajstić information content (AvgIpc) is 0.931. The van der Waals surface area contributed by atoms with Crippen LogP contribution in [0.3, 0.4) is 0 Å². The molecule has 104 heavy (non-hydrogen) atoms. The van der Waals surface area contributed by atoms with Gasteiger partial charge < -0.3 is 33.8 Å². The molecule has 0 aliphatic carbocycles. The van der Waals surface area contributed by atoms with Crippen LogP contribution in [0.4, 0.5) is 0 Å². The van der Waals surface area contributed by atoms with Crippen LogP contribution in [-0.4, -0.2) is 96.7 Å². The Morgan fingerprint density at radius 3 is 0.827 bits per heavy atom. The van der Waals surface area contributed by atoms with Crippen molar-refractivity contribution in [3.63, 3.8) is 0 Å². The summed E-state index contributed by atoms with van der Waals surface area (Å²) in [5.41, 5.74) is 0. The van der Waals surface area contributed by atoms with Gasteiger partial charge >= 0.3 is 39.5 Å². The minimum absolute atomic E-state index is 0.00256. The summed E-state index contributed by atoms with van der Waals surface area (Å²) in [6.45, 7) is 4.35. The van der Waals surface area contributed by atoms with Gasteiger partial charge in [0.25, 0.3) is 0 Å². The average molecular weight is 1490 g/mol. The fourth-order valence-corrected chi connectivity index (χ4v) is 11.3. The fraction of sp³-hybridized carbons (Fsp3) is 0.624. The number of unbranched alkanes of at least 4 members (excludes halogenated alkanes) is 18. The predicted octanol–water partition coefficient (Wildman–Crippen LogP) is 23.0. The van der Waals surface area contributed by atoms with Crippen LogP contribution in [0.1, 0.15) is 285 Å². The number of aliphatic hydroxyl groups excluding tert-OH is 1. The summed E-state index contributed by atoms with van der Waals surface area (Å²) in [6.07, 6.45) is 89.2. The van der Waals surface area contributed by atoms with Gasteiger partial charge in [-0.15, -0.1) is 0 Å². The first-order valence-electron chi connectivity index (χ1n) is 39.4. The van der Waals surface area contributed by atoms with Crippen molar-refractivity contribution in [1.82, 2.24) is 0 Å². The zero-order chi connectivity index (χ0) is 76.0. The van der Waals surface area contributed by atoms with Crippen molar-refractivity contribution in [2.45, 2.75) is 303 Å². The molecule has 0 bridgehead atoms. The molecule has 0 rings (SSSR count). The van der Waals surface area contributed by atoms with Gasteiger partial charge in [-0.25, -0.2) is 9.13 Å². The first kappa shape index (κ1) is 98.4. The van der Waals surface area contributed by atoms with E-state index in [0.29, 0.717) is 32.1 Å². The van der Waals surface area contributed by atoms with Crippen molar-refractivity contribution in [3.8, 4) is 0 Å². The molecule has 0 amide bonds. The van der Waals surface area contributed by atoms with E-state index in [1.165, 1.54) is 12.8 Å². The van der Waals surface area contributed by atoms with Crippen molar-refractivity contribution in [2.24, 2.45) is 0 Å². The number of ether oxygens (including phenoxy) is 4. The third kappa shape index (κ3) is 74.7. The maximum atomic E-state index is 13.1. The zero-order valence-corrected chi connectivity index (χ0v) is 66.2. The van der Waals surface area contributed by atoms with Gasteiger partial charge in [0.2, 0.25) is 0 Å². The normalized spacial score (nSPS) is 14.8. The number of phosphoric acid groups is 2. The molecule has 5 atom stereocenters. The van der Waals surface area contributed by atoms with Crippen LogP contribution < -0.4 is 0 Å². The second kappa shape index (κ2) is 75.6. The maximum absolute atomic E-state index is 13.1. The van der Waals surface area contributed by atoms with Gasteiger partial charge in [-0.2, -0.15) is 0 Å². The van der Waals surface area contributed by atoms with Gasteiger partial charge in [-0.3, -0.25) is 37.3 Å². The van der Waals surface area contributed by atoms with E-state index in [2.05, 4.69) is 186 Å². The van der Waals surface area contributed by atoms with E-state index in [1.807, 2.05) is 12.2 Å². The Bertz CT molecular complexity index is 2640. The van der Waals surface area contributed by atoms with Gasteiger partial charge in [0.05, 0.1) is 26.4 Å². The second-order valence-electron chi connectivity index (χ2n) is 25.5. The number of allylic oxidation sites excluding steroid dienone is 28. The number of esters is 4. The number of rotatable bonds is 72. The summed E-state index contributed by atoms with van der Waals surface area (Å²) < 4.78 is 68.4. The van der Waals surface area contributed by atoms with Gasteiger partial charge in [-0.1, -0.05) is 268 Å². The van der Waals surface area contributed by atoms with Crippen LogP contribution in [0, 0.1) is 0 Å². The highest BCUT2D eigenvalue weighted by atomic mass is 31.2. The van der Waals surface area contributed by atoms with Crippen LogP contribution in [-0.2, 0) is 65.4 Å². The summed E-state index contributed by atoms with van der Waals surface area (Å²) in [6, 6.07) is 0. The van der Waals surface area contributed by atoms with Crippen molar-refractivity contribution < 1.29 is 80.2 Å². The quantitative estimate of drug-likeness (QED) is 0.0169. The molecular weight excluding hydrogens is 1350 g/mol. The highest BCUT2D eigenvalue weighted by molar-refractivity contribution is 7.47. The highest BCUT2D eigenvalue weighted by Gasteiger charge is 2.30. The monoisotopic (exact) mass is 1490 g/mol. The standard InChI is InChI=1S/C85H138O17P2/c1-5-9-13-17-21-25-29-32-35-38-39-42-44-47-51-54-58-62-66-70-83(88)96-76-81(102-85(90)72-68-64-60-56-52-48-45-41-37-34-31-27-23-19-15-11-7-3)78-100-104(93,94)98-74-79(86)73-97-103(91,92)99-77-80(101-84(89)71-67-63-59-55-49-28-24-20-16-12-8-4)75-95-82(87)69-65-61-57-53-50-46-43-40-36-33-30-26-22-18-14-10-6-2/h9-11,13-15,20-27,32-37,39,42,45,47-48,51,56,60,79-81,86H,5-8,12,16-19,28-31,38,40-41,43-44,46,49-50,52-55,57-59,61-78H2,1-4H3,(H,91,92)(H,93,94)/b13-9-,14-10-,15-11-,24-20-,25-21-,26-22-,27-23-,35-32-,36-33-,37-34-,42-39-,48-45-,51-47-,60-56-. The van der Waals surface area contributed by atoms with Crippen LogP contribution >= 0.6 is 15.6 Å². The van der Waals surface area contributed by atoms with E-state index in [0.717, 1.165) is 186 Å². The summed E-state index contributed by atoms with van der Waals surface area (Å²) >= 11 is 0. The Kier molecular flexibility index (Phi) is 71.6. The summed E-state index contributed by atoms with van der Waals surface area (Å²) in [5.74, 6) is -2.31. The van der Waals surface area contributed by atoms with E-state index in [9.17, 15) is 43.2 Å². The number of hydrogen-bond acceptors (Lipinski definition) is 15. The molecule has 0 aromatic rings. The SMILES string of the molecule is CC/C=C\C/C=C\C/C=C\C/C=C\C/C=C\CCCCCC(=O)OCC(COP(=O)(O)OCC(O)COP(=O)(O)OCC(COC(=O)CCCCCCCCC/C=C\C/C=C\C/C=C\CC)OC(=O)CCCCCCC/C=C\CCCC)OC(=O)CCC/C=C\C/C=C\C/C=C\C/C=C\C/C=C\CC. The third-order valence-corrected chi connectivity index (χ3v) is 17.6. The van der Waals surface area contributed by atoms with Gasteiger partial charge in [-0.05, 0) is 161 Å². The van der Waals surface area contributed by atoms with E-state index in [4.69, 9.17) is 37.0 Å². The predicted molar refractivity (Wildman–Crippen MR) is 426 cm³/mol. The largest absolute Gasteiger partial charge is 0.472 e. The van der Waals surface area contributed by atoms with Crippen molar-refractivity contribution in [1.29, 1.82) is 0 Å². The van der Waals surface area contributed by atoms with Crippen LogP contribution in [0.25, 0.3) is 0 Å². The smallest absolute Gasteiger partial charge is 0.462 e. The molecule has 0 aromatic heterocycles. The van der Waals surface area contributed by atoms with Crippen molar-refractivity contribution in [3.05, 3.63) is 170 Å². The minimum Gasteiger partial charge on any atom is -0.462 e. The van der Waals surface area contributed by atoms with E-state index in [1.54, 1.807) is 0 Å². The molecule has 0 aromatic carbocycles. The third-order valence-electron chi connectivity index (χ3n) is 15.7. The molecule has 0 aliphatic heterocycles. The number of hydrogen-bond donors (Lipinski definition) is 3. The first-order valence-corrected chi connectivity index (χ1v) is 42.4. The Hall–Kier alpha value is -5.58. The molecule has 5 unspecified atom stereocenters. The summed E-state index contributed by atoms with van der Waals surface area (Å²) in [7, 11) is -10.00. The topological polar surface area (TPSA) is 237 Å². The van der Waals surface area contributed by atoms with Crippen molar-refractivity contribution >= 4 is 39.5 Å². The molecule has 0 saturated heterocycles. The fourth-order valence-electron chi connectivity index (χ4n) is 9.75. The van der Waals surface area contributed by atoms with E-state index >= 15 is 0 Å². The minimum atomic E-state index is -5.01. The molecule has 3 N–H and O–H groups in total. The molecule has 0 heterocycles. The molecule has 19 heteroatoms. The van der Waals surface area contributed by atoms with Crippen LogP contribution in [0.5, 0.6) is 0 Å². The Labute approximate surface area is 629 Å². The van der Waals surface area contributed by atoms with Crippen molar-refractivity contribution in [2.75, 3.05) is 39.6 Å². The molecule has 0 fully saturated rings. The van der Waals surface area contributed by atoms with Gasteiger partial charge in [0.1, 0.15) is 19.3 Å². The molecule has 0 aliphatic rings. The Morgan fingerprint density at radius 1 is 0.279 bits per heavy atom. The summed E-state index contributed by atoms with van der Waals surface area (Å²) in [5, 5.41) is 10.6. The van der Waals surface area contributed by atoms with Gasteiger partial charge in [0, 0.05) is 25.7 Å². The molecule has 0 saturated carbocycles. The highest BCUT2D eigenvalue weighted by Crippen LogP contribution is 2.45. The lowest BCUT2D eigenvalue weighted by Gasteiger charge is -2.21. The molecular formula is C85H138O17P2. The number of aliphatic hydroxyl groups is 1. The number of carbonyl (C=O) groups excluding carboxylic acids is 4. The van der Waals surface area contributed by atoms with E-state index < -0.39 is 97.5 Å². The van der Waals surface area contributed by atoms with Crippen LogP contribution in [0.15, 0.2) is 170 Å². The van der Waals surface area contributed by atoms with E-state index in [-0.39, 0.29) is 25.7 Å². The lowest BCUT2D eigenvalue weighted by molar-refractivity contribution is -0.161. The van der Waals surface area contributed by atoms with Gasteiger partial charge in [0.15, 0.2) is 12.2 Å². The number of carbonyl (C=O) groups is 4. The summed E-state index contributed by atoms with van der Waals surface area (Å²) in [4.78, 5) is 72.9. The number of phosphoric ester groups is 2. The lowest BCUT2D eigenvalue weighted by atomic mass is 10.1. The lowest BCUT2D eigenvalue weighted by Crippen LogP contribution is -2.30. The molecule has 590 valence electrons. The Balaban J connectivity index is 5.44. The molecule has 0 radical (unpaired) electrons. The molecule has 0 spiro atoms.